The molecule has 0 aromatic rings. The molecule has 2 heteroatoms. The molecule has 0 saturated heterocycles. The molecule has 0 aromatic carbocycles. The van der Waals surface area contributed by atoms with E-state index >= 15 is 0 Å². The maximum absolute atomic E-state index is 5.44. The van der Waals surface area contributed by atoms with E-state index in [4.69, 9.17) is 16.3 Å². The van der Waals surface area contributed by atoms with E-state index in [0.29, 0.717) is 12.5 Å². The predicted molar refractivity (Wildman–Crippen MR) is 54.8 cm³/mol. The Morgan fingerprint density at radius 2 is 2.08 bits per heavy atom. The third-order valence-corrected chi connectivity index (χ3v) is 1.72. The number of ether oxygens (including phenoxy) is 1. The van der Waals surface area contributed by atoms with Gasteiger partial charge in [0.1, 0.15) is 0 Å². The fraction of sp³-hybridized carbons (Fsp3) is 0.800. The lowest BCUT2D eigenvalue weighted by atomic mass is 10.1. The molecule has 0 radical (unpaired) electrons. The molecule has 0 heterocycles. The predicted octanol–water partition coefficient (Wildman–Crippen LogP) is 3.23. The molecule has 0 spiro atoms. The highest BCUT2D eigenvalue weighted by Crippen LogP contribution is 2.02. The minimum Gasteiger partial charge on any atom is -0.377 e. The van der Waals surface area contributed by atoms with Crippen molar-refractivity contribution in [3.63, 3.8) is 0 Å². The summed E-state index contributed by atoms with van der Waals surface area (Å²) in [6.07, 6.45) is 6.28. The molecule has 72 valence electrons. The third-order valence-electron chi connectivity index (χ3n) is 1.54. The van der Waals surface area contributed by atoms with Gasteiger partial charge in [-0.3, -0.25) is 0 Å². The van der Waals surface area contributed by atoms with Gasteiger partial charge < -0.3 is 4.74 Å². The standard InChI is InChI=1S/C10H19ClO/c1-10(2)6-5-9-12-8-4-3-7-11/h3-4,10H,5-9H2,1-2H3. The average Bonchev–Trinajstić information content (AvgIpc) is 2.02. The molecule has 0 aliphatic heterocycles. The molecule has 1 nitrogen and oxygen atoms in total. The van der Waals surface area contributed by atoms with Gasteiger partial charge in [-0.25, -0.2) is 0 Å². The van der Waals surface area contributed by atoms with Gasteiger partial charge in [-0.15, -0.1) is 11.6 Å². The van der Waals surface area contributed by atoms with E-state index in [9.17, 15) is 0 Å². The highest BCUT2D eigenvalue weighted by atomic mass is 35.5. The van der Waals surface area contributed by atoms with Crippen LogP contribution in [0, 0.1) is 5.92 Å². The van der Waals surface area contributed by atoms with Gasteiger partial charge in [0.2, 0.25) is 0 Å². The van der Waals surface area contributed by atoms with Crippen LogP contribution >= 0.6 is 11.6 Å². The van der Waals surface area contributed by atoms with E-state index in [1.165, 1.54) is 6.42 Å². The van der Waals surface area contributed by atoms with Gasteiger partial charge in [0.05, 0.1) is 6.61 Å². The van der Waals surface area contributed by atoms with E-state index in [-0.39, 0.29) is 0 Å². The molecule has 0 aliphatic carbocycles. The van der Waals surface area contributed by atoms with Gasteiger partial charge >= 0.3 is 0 Å². The van der Waals surface area contributed by atoms with Gasteiger partial charge in [-0.05, 0) is 18.8 Å². The van der Waals surface area contributed by atoms with Crippen LogP contribution in [0.3, 0.4) is 0 Å². The Morgan fingerprint density at radius 1 is 1.33 bits per heavy atom. The molecule has 0 amide bonds. The summed E-state index contributed by atoms with van der Waals surface area (Å²) in [6.45, 7) is 6.02. The minimum atomic E-state index is 0.579. The quantitative estimate of drug-likeness (QED) is 0.340. The Balaban J connectivity index is 2.96. The topological polar surface area (TPSA) is 9.23 Å². The number of alkyl halides is 1. The van der Waals surface area contributed by atoms with E-state index in [0.717, 1.165) is 18.9 Å². The van der Waals surface area contributed by atoms with Crippen molar-refractivity contribution < 1.29 is 4.74 Å². The van der Waals surface area contributed by atoms with Crippen LogP contribution in [-0.2, 0) is 4.74 Å². The summed E-state index contributed by atoms with van der Waals surface area (Å²) in [5.41, 5.74) is 0. The van der Waals surface area contributed by atoms with Crippen LogP contribution in [-0.4, -0.2) is 19.1 Å². The molecule has 0 unspecified atom stereocenters. The largest absolute Gasteiger partial charge is 0.377 e. The second kappa shape index (κ2) is 9.08. The fourth-order valence-corrected chi connectivity index (χ4v) is 1.00. The summed E-state index contributed by atoms with van der Waals surface area (Å²) in [5, 5.41) is 0. The molecular weight excluding hydrogens is 172 g/mol. The monoisotopic (exact) mass is 190 g/mol. The van der Waals surface area contributed by atoms with Crippen LogP contribution in [0.5, 0.6) is 0 Å². The molecule has 0 saturated carbocycles. The lowest BCUT2D eigenvalue weighted by Gasteiger charge is -2.03. The Labute approximate surface area is 80.8 Å². The lowest BCUT2D eigenvalue weighted by molar-refractivity contribution is 0.154. The molecular formula is C10H19ClO. The number of halogens is 1. The third kappa shape index (κ3) is 9.99. The van der Waals surface area contributed by atoms with Crippen LogP contribution in [0.4, 0.5) is 0 Å². The number of allylic oxidation sites excluding steroid dienone is 1. The Morgan fingerprint density at radius 3 is 2.67 bits per heavy atom. The minimum absolute atomic E-state index is 0.579. The van der Waals surface area contributed by atoms with Crippen LogP contribution in [0.25, 0.3) is 0 Å². The van der Waals surface area contributed by atoms with Crippen molar-refractivity contribution in [1.29, 1.82) is 0 Å². The second-order valence-corrected chi connectivity index (χ2v) is 3.55. The van der Waals surface area contributed by atoms with Gasteiger partial charge in [0, 0.05) is 12.5 Å². The van der Waals surface area contributed by atoms with Gasteiger partial charge in [-0.2, -0.15) is 0 Å². The highest BCUT2D eigenvalue weighted by Gasteiger charge is 1.92. The molecule has 0 atom stereocenters. The summed E-state index contributed by atoms with van der Waals surface area (Å²) in [6, 6.07) is 0. The van der Waals surface area contributed by atoms with E-state index < -0.39 is 0 Å². The van der Waals surface area contributed by atoms with Crippen LogP contribution in [0.1, 0.15) is 26.7 Å². The highest BCUT2D eigenvalue weighted by molar-refractivity contribution is 6.18. The lowest BCUT2D eigenvalue weighted by Crippen LogP contribution is -1.96. The average molecular weight is 191 g/mol. The Hall–Kier alpha value is -0.0100. The number of hydrogen-bond acceptors (Lipinski definition) is 1. The summed E-state index contributed by atoms with van der Waals surface area (Å²) in [7, 11) is 0. The SMILES string of the molecule is CC(C)CCCOCC=CCCl. The zero-order valence-corrected chi connectivity index (χ0v) is 8.81. The van der Waals surface area contributed by atoms with Crippen LogP contribution < -0.4 is 0 Å². The molecule has 12 heavy (non-hydrogen) atoms. The first-order valence-electron chi connectivity index (χ1n) is 4.56. The molecule has 0 aliphatic rings. The van der Waals surface area contributed by atoms with Gasteiger partial charge in [-0.1, -0.05) is 26.0 Å². The first-order chi connectivity index (χ1) is 5.77. The summed E-state index contributed by atoms with van der Waals surface area (Å²) < 4.78 is 5.34. The summed E-state index contributed by atoms with van der Waals surface area (Å²) in [5.74, 6) is 1.36. The Bertz CT molecular complexity index is 110. The van der Waals surface area contributed by atoms with E-state index in [1.807, 2.05) is 12.2 Å². The molecule has 0 N–H and O–H groups in total. The van der Waals surface area contributed by atoms with Crippen LogP contribution in [0.2, 0.25) is 0 Å². The first-order valence-corrected chi connectivity index (χ1v) is 5.09. The maximum atomic E-state index is 5.44. The van der Waals surface area contributed by atoms with Crippen molar-refractivity contribution in [3.05, 3.63) is 12.2 Å². The van der Waals surface area contributed by atoms with Crippen molar-refractivity contribution in [2.24, 2.45) is 5.92 Å². The van der Waals surface area contributed by atoms with Crippen molar-refractivity contribution >= 4 is 11.6 Å². The molecule has 0 bridgehead atoms. The molecule has 0 aromatic heterocycles. The van der Waals surface area contributed by atoms with Gasteiger partial charge in [0.25, 0.3) is 0 Å². The summed E-state index contributed by atoms with van der Waals surface area (Å²) >= 11 is 5.44. The molecule has 0 fully saturated rings. The van der Waals surface area contributed by atoms with Gasteiger partial charge in [0.15, 0.2) is 0 Å². The van der Waals surface area contributed by atoms with Crippen LogP contribution in [0.15, 0.2) is 12.2 Å². The van der Waals surface area contributed by atoms with Crippen molar-refractivity contribution in [2.75, 3.05) is 19.1 Å². The smallest absolute Gasteiger partial charge is 0.0647 e. The fourth-order valence-electron chi connectivity index (χ4n) is 0.876. The zero-order valence-electron chi connectivity index (χ0n) is 8.05. The van der Waals surface area contributed by atoms with E-state index in [1.54, 1.807) is 0 Å². The Kier molecular flexibility index (Phi) is 9.07. The number of hydrogen-bond donors (Lipinski definition) is 0. The zero-order chi connectivity index (χ0) is 9.23. The summed E-state index contributed by atoms with van der Waals surface area (Å²) in [4.78, 5) is 0. The van der Waals surface area contributed by atoms with Crippen molar-refractivity contribution in [1.82, 2.24) is 0 Å². The molecule has 0 rings (SSSR count). The first kappa shape index (κ1) is 12.0. The maximum Gasteiger partial charge on any atom is 0.0647 e. The van der Waals surface area contributed by atoms with Crippen molar-refractivity contribution in [3.8, 4) is 0 Å². The second-order valence-electron chi connectivity index (χ2n) is 3.24. The normalized spacial score (nSPS) is 11.7. The number of rotatable bonds is 7. The van der Waals surface area contributed by atoms with Crippen molar-refractivity contribution in [2.45, 2.75) is 26.7 Å². The van der Waals surface area contributed by atoms with E-state index in [2.05, 4.69) is 13.8 Å².